The van der Waals surface area contributed by atoms with Gasteiger partial charge in [0.15, 0.2) is 0 Å². The third-order valence-corrected chi connectivity index (χ3v) is 2.19. The molecule has 4 heteroatoms. The monoisotopic (exact) mass is 253 g/mol. The number of terminal acetylenes is 1. The van der Waals surface area contributed by atoms with Gasteiger partial charge in [-0.15, -0.1) is 18.8 Å². The summed E-state index contributed by atoms with van der Waals surface area (Å²) in [7, 11) is 3.32. The molecule has 17 heavy (non-hydrogen) atoms. The van der Waals surface area contributed by atoms with Crippen LogP contribution in [0, 0.1) is 12.3 Å². The van der Waals surface area contributed by atoms with Crippen molar-refractivity contribution in [2.75, 3.05) is 20.7 Å². The zero-order valence-electron chi connectivity index (χ0n) is 9.97. The molecular formula is C13H16ClNO2. The minimum Gasteiger partial charge on any atom is -0.465 e. The average molecular weight is 254 g/mol. The first kappa shape index (κ1) is 15.5. The van der Waals surface area contributed by atoms with Crippen LogP contribution in [0.4, 0.5) is 0 Å². The Hall–Kier alpha value is -1.50. The van der Waals surface area contributed by atoms with Gasteiger partial charge in [-0.05, 0) is 24.7 Å². The Kier molecular flexibility index (Phi) is 7.04. The molecule has 1 rings (SSSR count). The second-order valence-corrected chi connectivity index (χ2v) is 3.56. The van der Waals surface area contributed by atoms with Gasteiger partial charge in [0.2, 0.25) is 0 Å². The Balaban J connectivity index is 0.00000256. The molecule has 0 fully saturated rings. The molecule has 0 aliphatic rings. The number of hydrogen-bond acceptors (Lipinski definition) is 3. The second kappa shape index (κ2) is 7.72. The standard InChI is InChI=1S/C13H15NO2.ClH/c1-4-9-14(2)10-11-5-7-12(8-6-11)13(15)16-3;/h1,5-8H,9-10H2,2-3H3;1H. The van der Waals surface area contributed by atoms with E-state index >= 15 is 0 Å². The Morgan fingerprint density at radius 1 is 1.41 bits per heavy atom. The van der Waals surface area contributed by atoms with E-state index in [2.05, 4.69) is 10.7 Å². The smallest absolute Gasteiger partial charge is 0.337 e. The van der Waals surface area contributed by atoms with Crippen molar-refractivity contribution in [1.82, 2.24) is 4.90 Å². The van der Waals surface area contributed by atoms with E-state index < -0.39 is 0 Å². The van der Waals surface area contributed by atoms with E-state index in [0.29, 0.717) is 12.1 Å². The van der Waals surface area contributed by atoms with Crippen molar-refractivity contribution in [3.63, 3.8) is 0 Å². The van der Waals surface area contributed by atoms with Crippen molar-refractivity contribution in [3.8, 4) is 12.3 Å². The van der Waals surface area contributed by atoms with Crippen LogP contribution in [0.1, 0.15) is 15.9 Å². The summed E-state index contributed by atoms with van der Waals surface area (Å²) in [4.78, 5) is 13.2. The Morgan fingerprint density at radius 2 is 2.00 bits per heavy atom. The average Bonchev–Trinajstić information content (AvgIpc) is 2.29. The maximum Gasteiger partial charge on any atom is 0.337 e. The topological polar surface area (TPSA) is 29.5 Å². The summed E-state index contributed by atoms with van der Waals surface area (Å²) in [6.07, 6.45) is 5.21. The predicted molar refractivity (Wildman–Crippen MR) is 70.2 cm³/mol. The van der Waals surface area contributed by atoms with Crippen molar-refractivity contribution in [2.45, 2.75) is 6.54 Å². The van der Waals surface area contributed by atoms with Gasteiger partial charge in [0, 0.05) is 6.54 Å². The summed E-state index contributed by atoms with van der Waals surface area (Å²) in [5.74, 6) is 2.26. The van der Waals surface area contributed by atoms with Gasteiger partial charge in [0.25, 0.3) is 0 Å². The summed E-state index contributed by atoms with van der Waals surface area (Å²) in [5, 5.41) is 0. The molecule has 0 aromatic heterocycles. The van der Waals surface area contributed by atoms with Crippen LogP contribution in [0.15, 0.2) is 24.3 Å². The zero-order valence-corrected chi connectivity index (χ0v) is 10.8. The molecule has 1 aromatic rings. The van der Waals surface area contributed by atoms with Gasteiger partial charge in [-0.2, -0.15) is 0 Å². The zero-order chi connectivity index (χ0) is 12.0. The van der Waals surface area contributed by atoms with Crippen LogP contribution in [0.5, 0.6) is 0 Å². The van der Waals surface area contributed by atoms with Crippen LogP contribution in [-0.2, 0) is 11.3 Å². The molecule has 0 aliphatic carbocycles. The Bertz CT molecular complexity index is 395. The van der Waals surface area contributed by atoms with E-state index in [1.54, 1.807) is 12.1 Å². The minimum absolute atomic E-state index is 0. The quantitative estimate of drug-likeness (QED) is 0.607. The van der Waals surface area contributed by atoms with Gasteiger partial charge in [0.05, 0.1) is 19.2 Å². The first-order valence-corrected chi connectivity index (χ1v) is 4.96. The molecular weight excluding hydrogens is 238 g/mol. The lowest BCUT2D eigenvalue weighted by Crippen LogP contribution is -2.17. The number of carbonyl (C=O) groups is 1. The number of methoxy groups -OCH3 is 1. The summed E-state index contributed by atoms with van der Waals surface area (Å²) >= 11 is 0. The number of benzene rings is 1. The highest BCUT2D eigenvalue weighted by molar-refractivity contribution is 5.89. The van der Waals surface area contributed by atoms with Crippen molar-refractivity contribution in [1.29, 1.82) is 0 Å². The largest absolute Gasteiger partial charge is 0.465 e. The maximum absolute atomic E-state index is 11.2. The Labute approximate surface area is 108 Å². The van der Waals surface area contributed by atoms with E-state index in [9.17, 15) is 4.79 Å². The number of hydrogen-bond donors (Lipinski definition) is 0. The number of rotatable bonds is 4. The molecule has 0 heterocycles. The van der Waals surface area contributed by atoms with Gasteiger partial charge < -0.3 is 4.74 Å². The second-order valence-electron chi connectivity index (χ2n) is 3.56. The van der Waals surface area contributed by atoms with Crippen LogP contribution in [0.2, 0.25) is 0 Å². The summed E-state index contributed by atoms with van der Waals surface area (Å²) in [6.45, 7) is 1.38. The SMILES string of the molecule is C#CCN(C)Cc1ccc(C(=O)OC)cc1.Cl. The van der Waals surface area contributed by atoms with Gasteiger partial charge in [-0.25, -0.2) is 4.79 Å². The molecule has 0 aliphatic heterocycles. The lowest BCUT2D eigenvalue weighted by Gasteiger charge is -2.13. The highest BCUT2D eigenvalue weighted by Gasteiger charge is 2.04. The van der Waals surface area contributed by atoms with Crippen molar-refractivity contribution >= 4 is 18.4 Å². The predicted octanol–water partition coefficient (Wildman–Crippen LogP) is 1.96. The molecule has 0 spiro atoms. The molecule has 0 unspecified atom stereocenters. The summed E-state index contributed by atoms with van der Waals surface area (Å²) in [6, 6.07) is 7.31. The van der Waals surface area contributed by atoms with Crippen LogP contribution in [-0.4, -0.2) is 31.6 Å². The summed E-state index contributed by atoms with van der Waals surface area (Å²) < 4.78 is 4.62. The van der Waals surface area contributed by atoms with Gasteiger partial charge in [0.1, 0.15) is 0 Å². The van der Waals surface area contributed by atoms with E-state index in [1.165, 1.54) is 7.11 Å². The van der Waals surface area contributed by atoms with Crippen LogP contribution < -0.4 is 0 Å². The lowest BCUT2D eigenvalue weighted by atomic mass is 10.1. The minimum atomic E-state index is -0.316. The number of halogens is 1. The van der Waals surface area contributed by atoms with E-state index in [4.69, 9.17) is 6.42 Å². The van der Waals surface area contributed by atoms with Crippen molar-refractivity contribution in [3.05, 3.63) is 35.4 Å². The number of ether oxygens (including phenoxy) is 1. The van der Waals surface area contributed by atoms with Gasteiger partial charge in [-0.3, -0.25) is 4.90 Å². The van der Waals surface area contributed by atoms with Gasteiger partial charge >= 0.3 is 5.97 Å². The summed E-state index contributed by atoms with van der Waals surface area (Å²) in [5.41, 5.74) is 1.68. The van der Waals surface area contributed by atoms with E-state index in [-0.39, 0.29) is 18.4 Å². The van der Waals surface area contributed by atoms with Crippen molar-refractivity contribution < 1.29 is 9.53 Å². The normalized spacial score (nSPS) is 9.29. The first-order valence-electron chi connectivity index (χ1n) is 4.96. The van der Waals surface area contributed by atoms with E-state index in [0.717, 1.165) is 12.1 Å². The lowest BCUT2D eigenvalue weighted by molar-refractivity contribution is 0.0600. The third kappa shape index (κ3) is 4.90. The molecule has 0 atom stereocenters. The van der Waals surface area contributed by atoms with E-state index in [1.807, 2.05) is 24.1 Å². The third-order valence-electron chi connectivity index (χ3n) is 2.19. The molecule has 0 saturated heterocycles. The van der Waals surface area contributed by atoms with Crippen LogP contribution in [0.3, 0.4) is 0 Å². The van der Waals surface area contributed by atoms with Gasteiger partial charge in [-0.1, -0.05) is 18.1 Å². The number of carbonyl (C=O) groups excluding carboxylic acids is 1. The van der Waals surface area contributed by atoms with Crippen LogP contribution >= 0.6 is 12.4 Å². The molecule has 0 bridgehead atoms. The Morgan fingerprint density at radius 3 is 2.47 bits per heavy atom. The maximum atomic E-state index is 11.2. The van der Waals surface area contributed by atoms with Crippen LogP contribution in [0.25, 0.3) is 0 Å². The number of esters is 1. The fraction of sp³-hybridized carbons (Fsp3) is 0.308. The fourth-order valence-electron chi connectivity index (χ4n) is 1.39. The fourth-order valence-corrected chi connectivity index (χ4v) is 1.39. The van der Waals surface area contributed by atoms with Crippen molar-refractivity contribution in [2.24, 2.45) is 0 Å². The number of nitrogens with zero attached hydrogens (tertiary/aromatic N) is 1. The highest BCUT2D eigenvalue weighted by atomic mass is 35.5. The molecule has 0 radical (unpaired) electrons. The first-order chi connectivity index (χ1) is 7.67. The highest BCUT2D eigenvalue weighted by Crippen LogP contribution is 2.07. The molecule has 0 amide bonds. The molecule has 0 N–H and O–H groups in total. The molecule has 1 aromatic carbocycles. The molecule has 3 nitrogen and oxygen atoms in total. The molecule has 0 saturated carbocycles. The molecule has 92 valence electrons.